The molecule has 0 aromatic carbocycles. The van der Waals surface area contributed by atoms with E-state index in [-0.39, 0.29) is 12.0 Å². The summed E-state index contributed by atoms with van der Waals surface area (Å²) in [6.07, 6.45) is 7.39. The quantitative estimate of drug-likeness (QED) is 0.715. The number of aliphatic hydroxyl groups is 1. The van der Waals surface area contributed by atoms with E-state index in [1.165, 1.54) is 0 Å². The van der Waals surface area contributed by atoms with Crippen molar-refractivity contribution in [2.45, 2.75) is 12.8 Å². The zero-order valence-corrected chi connectivity index (χ0v) is 9.43. The third kappa shape index (κ3) is 1.80. The summed E-state index contributed by atoms with van der Waals surface area (Å²) < 4.78 is 1.84. The predicted octanol–water partition coefficient (Wildman–Crippen LogP) is 0.496. The maximum Gasteiger partial charge on any atom is 0.180 e. The molecule has 2 aromatic heterocycles. The van der Waals surface area contributed by atoms with Crippen LogP contribution >= 0.6 is 0 Å². The topological polar surface area (TPSA) is 88.5 Å². The number of aromatic nitrogens is 3. The monoisotopic (exact) mass is 233 g/mol. The molecule has 0 saturated heterocycles. The second-order valence-electron chi connectivity index (χ2n) is 4.68. The van der Waals surface area contributed by atoms with Crippen LogP contribution in [0.2, 0.25) is 0 Å². The first-order valence-electron chi connectivity index (χ1n) is 5.66. The molecule has 0 amide bonds. The minimum absolute atomic E-state index is 0.0376. The van der Waals surface area contributed by atoms with Gasteiger partial charge < -0.3 is 20.6 Å². The van der Waals surface area contributed by atoms with Gasteiger partial charge >= 0.3 is 0 Å². The molecule has 0 radical (unpaired) electrons. The molecule has 0 bridgehead atoms. The number of nitrogens with zero attached hydrogens (tertiary/aromatic N) is 3. The summed E-state index contributed by atoms with van der Waals surface area (Å²) in [6.45, 7) is 0.926. The number of hydrogen-bond donors (Lipinski definition) is 3. The first kappa shape index (κ1) is 10.3. The van der Waals surface area contributed by atoms with Crippen molar-refractivity contribution in [3.63, 3.8) is 0 Å². The zero-order chi connectivity index (χ0) is 11.9. The van der Waals surface area contributed by atoms with E-state index in [1.54, 1.807) is 12.4 Å². The lowest BCUT2D eigenvalue weighted by molar-refractivity contribution is 0.219. The minimum Gasteiger partial charge on any atom is -0.396 e. The van der Waals surface area contributed by atoms with Gasteiger partial charge in [-0.05, 0) is 12.8 Å². The van der Waals surface area contributed by atoms with Crippen molar-refractivity contribution in [3.8, 4) is 0 Å². The van der Waals surface area contributed by atoms with Crippen LogP contribution in [0.25, 0.3) is 5.65 Å². The highest BCUT2D eigenvalue weighted by Crippen LogP contribution is 2.44. The molecule has 0 unspecified atom stereocenters. The van der Waals surface area contributed by atoms with E-state index in [0.717, 1.165) is 18.5 Å². The molecule has 17 heavy (non-hydrogen) atoms. The molecule has 2 aromatic rings. The number of rotatable bonds is 4. The van der Waals surface area contributed by atoms with Crippen LogP contribution in [0.4, 0.5) is 11.6 Å². The molecule has 0 aliphatic heterocycles. The van der Waals surface area contributed by atoms with Gasteiger partial charge in [0.1, 0.15) is 5.82 Å². The summed E-state index contributed by atoms with van der Waals surface area (Å²) in [5.74, 6) is 1.13. The number of nitrogens with one attached hydrogen (secondary N) is 1. The van der Waals surface area contributed by atoms with E-state index in [9.17, 15) is 5.11 Å². The lowest BCUT2D eigenvalue weighted by Crippen LogP contribution is -2.20. The standard InChI is InChI=1S/C11H15N5O/c12-8-5-16-4-3-13-10(16)9(15-8)14-6-11(7-17)1-2-11/h3-5,17H,1-2,6-7,12H2,(H,14,15). The molecular weight excluding hydrogens is 218 g/mol. The summed E-state index contributed by atoms with van der Waals surface area (Å²) in [4.78, 5) is 8.47. The van der Waals surface area contributed by atoms with Gasteiger partial charge in [0.25, 0.3) is 0 Å². The van der Waals surface area contributed by atoms with E-state index in [0.29, 0.717) is 18.2 Å². The van der Waals surface area contributed by atoms with Gasteiger partial charge in [-0.1, -0.05) is 0 Å². The Kier molecular flexibility index (Phi) is 2.19. The Balaban J connectivity index is 1.86. The number of hydrogen-bond acceptors (Lipinski definition) is 5. The van der Waals surface area contributed by atoms with Crippen LogP contribution < -0.4 is 11.1 Å². The predicted molar refractivity (Wildman–Crippen MR) is 64.6 cm³/mol. The first-order chi connectivity index (χ1) is 8.22. The summed E-state index contributed by atoms with van der Waals surface area (Å²) in [5, 5.41) is 12.5. The van der Waals surface area contributed by atoms with Gasteiger partial charge in [-0.3, -0.25) is 0 Å². The van der Waals surface area contributed by atoms with Crippen molar-refractivity contribution in [2.24, 2.45) is 5.41 Å². The van der Waals surface area contributed by atoms with Crippen molar-refractivity contribution in [2.75, 3.05) is 24.2 Å². The summed E-state index contributed by atoms with van der Waals surface area (Å²) >= 11 is 0. The number of nitrogens with two attached hydrogens (primary N) is 1. The normalized spacial score (nSPS) is 17.2. The number of aliphatic hydroxyl groups excluding tert-OH is 1. The fourth-order valence-electron chi connectivity index (χ4n) is 1.91. The van der Waals surface area contributed by atoms with Crippen LogP contribution in [0, 0.1) is 5.41 Å². The van der Waals surface area contributed by atoms with E-state index in [1.807, 2.05) is 10.6 Å². The second kappa shape index (κ2) is 3.59. The van der Waals surface area contributed by atoms with Gasteiger partial charge in [0.2, 0.25) is 0 Å². The van der Waals surface area contributed by atoms with Gasteiger partial charge in [0.05, 0.1) is 12.8 Å². The molecule has 6 nitrogen and oxygen atoms in total. The Hall–Kier alpha value is -1.82. The highest BCUT2D eigenvalue weighted by atomic mass is 16.3. The van der Waals surface area contributed by atoms with Gasteiger partial charge in [0, 0.05) is 24.4 Å². The molecule has 1 aliphatic carbocycles. The SMILES string of the molecule is Nc1cn2ccnc2c(NCC2(CO)CC2)n1. The highest BCUT2D eigenvalue weighted by molar-refractivity contribution is 5.64. The van der Waals surface area contributed by atoms with Gasteiger partial charge in [-0.2, -0.15) is 0 Å². The molecule has 4 N–H and O–H groups in total. The Labute approximate surface area is 98.5 Å². The summed E-state index contributed by atoms with van der Waals surface area (Å²) in [5.41, 5.74) is 6.52. The van der Waals surface area contributed by atoms with E-state index >= 15 is 0 Å². The molecule has 90 valence electrons. The molecule has 1 fully saturated rings. The highest BCUT2D eigenvalue weighted by Gasteiger charge is 2.41. The van der Waals surface area contributed by atoms with Crippen molar-refractivity contribution >= 4 is 17.3 Å². The number of imidazole rings is 1. The number of fused-ring (bicyclic) bond motifs is 1. The van der Waals surface area contributed by atoms with Crippen LogP contribution in [0.5, 0.6) is 0 Å². The van der Waals surface area contributed by atoms with Crippen LogP contribution in [-0.2, 0) is 0 Å². The fourth-order valence-corrected chi connectivity index (χ4v) is 1.91. The lowest BCUT2D eigenvalue weighted by Gasteiger charge is -2.13. The fraction of sp³-hybridized carbons (Fsp3) is 0.455. The zero-order valence-electron chi connectivity index (χ0n) is 9.43. The summed E-state index contributed by atoms with van der Waals surface area (Å²) in [7, 11) is 0. The number of nitrogen functional groups attached to an aromatic ring is 1. The maximum atomic E-state index is 9.26. The lowest BCUT2D eigenvalue weighted by atomic mass is 10.1. The maximum absolute atomic E-state index is 9.26. The average molecular weight is 233 g/mol. The smallest absolute Gasteiger partial charge is 0.180 e. The molecular formula is C11H15N5O. The van der Waals surface area contributed by atoms with Crippen molar-refractivity contribution in [1.82, 2.24) is 14.4 Å². The Morgan fingerprint density at radius 3 is 3.06 bits per heavy atom. The van der Waals surface area contributed by atoms with E-state index < -0.39 is 0 Å². The molecule has 1 saturated carbocycles. The van der Waals surface area contributed by atoms with Crippen LogP contribution in [0.1, 0.15) is 12.8 Å². The van der Waals surface area contributed by atoms with Crippen molar-refractivity contribution < 1.29 is 5.11 Å². The van der Waals surface area contributed by atoms with Gasteiger partial charge in [0.15, 0.2) is 11.5 Å². The largest absolute Gasteiger partial charge is 0.396 e. The second-order valence-corrected chi connectivity index (χ2v) is 4.68. The Bertz CT molecular complexity index is 546. The Morgan fingerprint density at radius 1 is 1.53 bits per heavy atom. The average Bonchev–Trinajstić information content (AvgIpc) is 2.96. The van der Waals surface area contributed by atoms with Crippen LogP contribution in [0.3, 0.4) is 0 Å². The molecule has 1 aliphatic rings. The van der Waals surface area contributed by atoms with E-state index in [4.69, 9.17) is 5.73 Å². The molecule has 0 spiro atoms. The Morgan fingerprint density at radius 2 is 2.35 bits per heavy atom. The van der Waals surface area contributed by atoms with Gasteiger partial charge in [-0.15, -0.1) is 0 Å². The molecule has 0 atom stereocenters. The summed E-state index contributed by atoms with van der Waals surface area (Å²) in [6, 6.07) is 0. The van der Waals surface area contributed by atoms with Crippen LogP contribution in [-0.4, -0.2) is 32.6 Å². The minimum atomic E-state index is 0.0376. The van der Waals surface area contributed by atoms with Crippen molar-refractivity contribution in [1.29, 1.82) is 0 Å². The molecule has 2 heterocycles. The number of anilines is 2. The molecule has 6 heteroatoms. The third-order valence-corrected chi connectivity index (χ3v) is 3.32. The van der Waals surface area contributed by atoms with Gasteiger partial charge in [-0.25, -0.2) is 9.97 Å². The van der Waals surface area contributed by atoms with Crippen molar-refractivity contribution in [3.05, 3.63) is 18.6 Å². The van der Waals surface area contributed by atoms with E-state index in [2.05, 4.69) is 15.3 Å². The third-order valence-electron chi connectivity index (χ3n) is 3.32. The molecule has 3 rings (SSSR count). The van der Waals surface area contributed by atoms with Crippen LogP contribution in [0.15, 0.2) is 18.6 Å². The first-order valence-corrected chi connectivity index (χ1v) is 5.66.